The van der Waals surface area contributed by atoms with E-state index in [0.29, 0.717) is 0 Å². The van der Waals surface area contributed by atoms with Gasteiger partial charge in [0.1, 0.15) is 5.60 Å². The molecule has 3 heterocycles. The van der Waals surface area contributed by atoms with Crippen LogP contribution in [0.5, 0.6) is 0 Å². The van der Waals surface area contributed by atoms with E-state index < -0.39 is 5.60 Å². The molecule has 28 heavy (non-hydrogen) atoms. The molecule has 6 nitrogen and oxygen atoms in total. The summed E-state index contributed by atoms with van der Waals surface area (Å²) in [5.74, 6) is 0. The molecule has 0 saturated carbocycles. The normalized spacial score (nSPS) is 27.9. The average molecular weight is 384 g/mol. The van der Waals surface area contributed by atoms with Gasteiger partial charge >= 0.3 is 0 Å². The maximum Gasteiger partial charge on any atom is 0.108 e. The Hall–Kier alpha value is -1.73. The number of imidazole rings is 1. The minimum Gasteiger partial charge on any atom is -0.383 e. The van der Waals surface area contributed by atoms with Crippen LogP contribution in [0.1, 0.15) is 18.4 Å². The summed E-state index contributed by atoms with van der Waals surface area (Å²) in [6.07, 6.45) is 7.65. The van der Waals surface area contributed by atoms with E-state index in [0.717, 1.165) is 70.8 Å². The van der Waals surface area contributed by atoms with Gasteiger partial charge in [0.25, 0.3) is 0 Å². The summed E-state index contributed by atoms with van der Waals surface area (Å²) in [5, 5.41) is 11.8. The number of aliphatic hydroxyl groups is 1. The van der Waals surface area contributed by atoms with Gasteiger partial charge in [-0.25, -0.2) is 4.98 Å². The molecule has 0 amide bonds. The zero-order valence-electron chi connectivity index (χ0n) is 17.0. The van der Waals surface area contributed by atoms with Crippen LogP contribution < -0.4 is 0 Å². The second-order valence-electron chi connectivity index (χ2n) is 8.35. The number of likely N-dealkylation sites (N-methyl/N-ethyl adjacent to an activating group) is 1. The molecule has 0 radical (unpaired) electrons. The molecule has 2 aliphatic rings. The lowest BCUT2D eigenvalue weighted by Crippen LogP contribution is -2.63. The first-order chi connectivity index (χ1) is 13.6. The lowest BCUT2D eigenvalue weighted by molar-refractivity contribution is -0.107. The van der Waals surface area contributed by atoms with Crippen molar-refractivity contribution in [1.29, 1.82) is 0 Å². The van der Waals surface area contributed by atoms with Crippen LogP contribution in [0.15, 0.2) is 49.1 Å². The summed E-state index contributed by atoms with van der Waals surface area (Å²) in [5.41, 5.74) is 0.301. The molecule has 4 rings (SSSR count). The Kier molecular flexibility index (Phi) is 6.11. The van der Waals surface area contributed by atoms with Crippen molar-refractivity contribution in [1.82, 2.24) is 24.3 Å². The number of aromatic nitrogens is 2. The summed E-state index contributed by atoms with van der Waals surface area (Å²) >= 11 is 0. The molecule has 0 unspecified atom stereocenters. The Labute approximate surface area is 168 Å². The first-order valence-corrected chi connectivity index (χ1v) is 10.5. The Morgan fingerprint density at radius 2 is 1.86 bits per heavy atom. The number of benzene rings is 1. The van der Waals surface area contributed by atoms with Crippen LogP contribution in [-0.4, -0.2) is 88.3 Å². The molecule has 2 atom stereocenters. The van der Waals surface area contributed by atoms with Crippen LogP contribution in [0.25, 0.3) is 0 Å². The van der Waals surface area contributed by atoms with E-state index in [-0.39, 0.29) is 6.04 Å². The smallest absolute Gasteiger partial charge is 0.108 e. The van der Waals surface area contributed by atoms with Gasteiger partial charge in [-0.3, -0.25) is 4.90 Å². The van der Waals surface area contributed by atoms with E-state index in [2.05, 4.69) is 43.4 Å². The largest absolute Gasteiger partial charge is 0.383 e. The second kappa shape index (κ2) is 8.74. The molecule has 2 aliphatic heterocycles. The number of piperazine rings is 1. The molecule has 1 aromatic heterocycles. The van der Waals surface area contributed by atoms with Gasteiger partial charge in [-0.05, 0) is 32.0 Å². The van der Waals surface area contributed by atoms with Gasteiger partial charge in [-0.15, -0.1) is 0 Å². The highest BCUT2D eigenvalue weighted by Crippen LogP contribution is 2.36. The van der Waals surface area contributed by atoms with Crippen LogP contribution in [0.3, 0.4) is 0 Å². The molecule has 152 valence electrons. The van der Waals surface area contributed by atoms with Gasteiger partial charge < -0.3 is 19.5 Å². The minimum absolute atomic E-state index is 0.144. The van der Waals surface area contributed by atoms with Crippen LogP contribution >= 0.6 is 0 Å². The Morgan fingerprint density at radius 3 is 2.57 bits per heavy atom. The third-order valence-corrected chi connectivity index (χ3v) is 6.49. The number of hydrogen-bond donors (Lipinski definition) is 1. The summed E-state index contributed by atoms with van der Waals surface area (Å²) in [6.45, 7) is 8.13. The molecule has 0 aliphatic carbocycles. The quantitative estimate of drug-likeness (QED) is 0.819. The molecule has 0 spiro atoms. The summed E-state index contributed by atoms with van der Waals surface area (Å²) in [4.78, 5) is 11.6. The van der Waals surface area contributed by atoms with Crippen LogP contribution in [0.4, 0.5) is 0 Å². The topological polar surface area (TPSA) is 47.8 Å². The van der Waals surface area contributed by atoms with Crippen LogP contribution in [-0.2, 0) is 12.1 Å². The Bertz CT molecular complexity index is 714. The lowest BCUT2D eigenvalue weighted by atomic mass is 9.79. The highest BCUT2D eigenvalue weighted by atomic mass is 16.3. The zero-order valence-corrected chi connectivity index (χ0v) is 17.0. The fourth-order valence-corrected chi connectivity index (χ4v) is 4.70. The third-order valence-electron chi connectivity index (χ3n) is 6.49. The molecule has 2 saturated heterocycles. The summed E-state index contributed by atoms with van der Waals surface area (Å²) < 4.78 is 2.14. The lowest BCUT2D eigenvalue weighted by Gasteiger charge is -2.51. The molecule has 1 N–H and O–H groups in total. The van der Waals surface area contributed by atoms with E-state index in [9.17, 15) is 5.11 Å². The third kappa shape index (κ3) is 4.30. The number of likely N-dealkylation sites (tertiary alicyclic amines) is 1. The van der Waals surface area contributed by atoms with E-state index in [4.69, 9.17) is 0 Å². The number of nitrogens with zero attached hydrogens (tertiary/aromatic N) is 5. The van der Waals surface area contributed by atoms with Gasteiger partial charge in [0.15, 0.2) is 0 Å². The second-order valence-corrected chi connectivity index (χ2v) is 8.35. The monoisotopic (exact) mass is 383 g/mol. The average Bonchev–Trinajstić information content (AvgIpc) is 3.24. The molecule has 1 aromatic carbocycles. The van der Waals surface area contributed by atoms with Gasteiger partial charge in [0, 0.05) is 58.2 Å². The number of hydrogen-bond acceptors (Lipinski definition) is 5. The molecule has 6 heteroatoms. The van der Waals surface area contributed by atoms with Gasteiger partial charge in [0.05, 0.1) is 12.4 Å². The molecule has 0 bridgehead atoms. The van der Waals surface area contributed by atoms with E-state index in [1.54, 1.807) is 0 Å². The predicted molar refractivity (Wildman–Crippen MR) is 111 cm³/mol. The number of piperidine rings is 1. The van der Waals surface area contributed by atoms with Crippen molar-refractivity contribution in [2.75, 3.05) is 52.9 Å². The summed E-state index contributed by atoms with van der Waals surface area (Å²) in [6, 6.07) is 10.5. The highest BCUT2D eigenvalue weighted by Gasteiger charge is 2.45. The van der Waals surface area contributed by atoms with Crippen molar-refractivity contribution >= 4 is 0 Å². The maximum absolute atomic E-state index is 11.8. The van der Waals surface area contributed by atoms with Crippen LogP contribution in [0.2, 0.25) is 0 Å². The van der Waals surface area contributed by atoms with Crippen molar-refractivity contribution in [3.63, 3.8) is 0 Å². The van der Waals surface area contributed by atoms with E-state index in [1.807, 2.05) is 36.9 Å². The number of rotatable bonds is 6. The predicted octanol–water partition coefficient (Wildman–Crippen LogP) is 1.48. The first kappa shape index (κ1) is 19.6. The fourth-order valence-electron chi connectivity index (χ4n) is 4.70. The Balaban J connectivity index is 1.45. The highest BCUT2D eigenvalue weighted by molar-refractivity contribution is 5.26. The van der Waals surface area contributed by atoms with E-state index >= 15 is 0 Å². The van der Waals surface area contributed by atoms with Gasteiger partial charge in [0.2, 0.25) is 0 Å². The summed E-state index contributed by atoms with van der Waals surface area (Å²) in [7, 11) is 2.18. The van der Waals surface area contributed by atoms with Gasteiger partial charge in [-0.2, -0.15) is 0 Å². The molecular weight excluding hydrogens is 350 g/mol. The van der Waals surface area contributed by atoms with Crippen molar-refractivity contribution in [3.8, 4) is 0 Å². The van der Waals surface area contributed by atoms with Crippen molar-refractivity contribution in [2.24, 2.45) is 0 Å². The van der Waals surface area contributed by atoms with Crippen molar-refractivity contribution in [3.05, 3.63) is 54.6 Å². The Morgan fingerprint density at radius 1 is 1.07 bits per heavy atom. The standard InChI is InChI=1S/C22H33N5O/c1-24-14-16-27(17-15-24)21-18-25(10-5-11-26-13-9-23-19-26)12-8-22(21,28)20-6-3-2-4-7-20/h2-4,6-7,9,13,19,21,28H,5,8,10-12,14-18H2,1H3/t21-,22+/m1/s1. The minimum atomic E-state index is -0.766. The number of aryl methyl sites for hydroxylation is 1. The van der Waals surface area contributed by atoms with E-state index in [1.165, 1.54) is 0 Å². The fraction of sp³-hybridized carbons (Fsp3) is 0.591. The molecular formula is C22H33N5O. The molecule has 2 aromatic rings. The molecule has 2 fully saturated rings. The zero-order chi connectivity index (χ0) is 19.4. The van der Waals surface area contributed by atoms with Crippen molar-refractivity contribution < 1.29 is 5.11 Å². The SMILES string of the molecule is CN1CCN([C@@H]2CN(CCCn3ccnc3)CC[C@]2(O)c2ccccc2)CC1. The van der Waals surface area contributed by atoms with Crippen LogP contribution in [0, 0.1) is 0 Å². The van der Waals surface area contributed by atoms with Crippen molar-refractivity contribution in [2.45, 2.75) is 31.0 Å². The van der Waals surface area contributed by atoms with Gasteiger partial charge in [-0.1, -0.05) is 30.3 Å². The first-order valence-electron chi connectivity index (χ1n) is 10.5. The maximum atomic E-state index is 11.8.